The third-order valence-electron chi connectivity index (χ3n) is 3.19. The molecule has 1 heterocycles. The fourth-order valence-corrected chi connectivity index (χ4v) is 2.60. The van der Waals surface area contributed by atoms with E-state index in [-0.39, 0.29) is 0 Å². The SMILES string of the molecule is O=C(O)[C@@H](c1ccccc1Cl)N1CCCCC1. The molecule has 1 aliphatic rings. The van der Waals surface area contributed by atoms with E-state index in [0.717, 1.165) is 25.9 Å². The summed E-state index contributed by atoms with van der Waals surface area (Å²) in [6, 6.07) is 6.60. The summed E-state index contributed by atoms with van der Waals surface area (Å²) in [5.74, 6) is -0.819. The maximum Gasteiger partial charge on any atom is 0.325 e. The zero-order valence-electron chi connectivity index (χ0n) is 9.60. The average Bonchev–Trinajstić information content (AvgIpc) is 2.33. The van der Waals surface area contributed by atoms with Crippen LogP contribution < -0.4 is 0 Å². The number of benzene rings is 1. The molecule has 1 N–H and O–H groups in total. The fourth-order valence-electron chi connectivity index (χ4n) is 2.36. The van der Waals surface area contributed by atoms with Gasteiger partial charge in [-0.2, -0.15) is 0 Å². The third-order valence-corrected chi connectivity index (χ3v) is 3.53. The predicted octanol–water partition coefficient (Wildman–Crippen LogP) is 2.95. The van der Waals surface area contributed by atoms with Crippen molar-refractivity contribution in [3.05, 3.63) is 34.9 Å². The van der Waals surface area contributed by atoms with E-state index < -0.39 is 12.0 Å². The molecule has 1 aliphatic heterocycles. The highest BCUT2D eigenvalue weighted by molar-refractivity contribution is 6.31. The van der Waals surface area contributed by atoms with Crippen molar-refractivity contribution in [1.82, 2.24) is 4.90 Å². The Morgan fingerprint density at radius 2 is 1.88 bits per heavy atom. The van der Waals surface area contributed by atoms with Crippen molar-refractivity contribution in [2.75, 3.05) is 13.1 Å². The first-order chi connectivity index (χ1) is 8.20. The van der Waals surface area contributed by atoms with Gasteiger partial charge in [0, 0.05) is 5.02 Å². The fraction of sp³-hybridized carbons (Fsp3) is 0.462. The predicted molar refractivity (Wildman–Crippen MR) is 67.3 cm³/mol. The molecule has 1 fully saturated rings. The van der Waals surface area contributed by atoms with Crippen LogP contribution in [0.5, 0.6) is 0 Å². The van der Waals surface area contributed by atoms with Gasteiger partial charge < -0.3 is 5.11 Å². The van der Waals surface area contributed by atoms with Crippen molar-refractivity contribution in [2.24, 2.45) is 0 Å². The van der Waals surface area contributed by atoms with Crippen LogP contribution in [0, 0.1) is 0 Å². The monoisotopic (exact) mass is 253 g/mol. The van der Waals surface area contributed by atoms with Crippen molar-refractivity contribution in [1.29, 1.82) is 0 Å². The highest BCUT2D eigenvalue weighted by Crippen LogP contribution is 2.29. The van der Waals surface area contributed by atoms with E-state index in [0.29, 0.717) is 10.6 Å². The number of nitrogens with zero attached hydrogens (tertiary/aromatic N) is 1. The molecule has 1 aromatic carbocycles. The summed E-state index contributed by atoms with van der Waals surface area (Å²) >= 11 is 6.09. The van der Waals surface area contributed by atoms with Gasteiger partial charge in [0.05, 0.1) is 0 Å². The van der Waals surface area contributed by atoms with Crippen molar-refractivity contribution >= 4 is 17.6 Å². The summed E-state index contributed by atoms with van der Waals surface area (Å²) in [6.45, 7) is 1.67. The number of hydrogen-bond acceptors (Lipinski definition) is 2. The van der Waals surface area contributed by atoms with Crippen molar-refractivity contribution < 1.29 is 9.90 Å². The Morgan fingerprint density at radius 1 is 1.24 bits per heavy atom. The molecular formula is C13H16ClNO2. The van der Waals surface area contributed by atoms with Crippen LogP contribution in [0.25, 0.3) is 0 Å². The Hall–Kier alpha value is -1.06. The first-order valence-electron chi connectivity index (χ1n) is 5.91. The van der Waals surface area contributed by atoms with Crippen LogP contribution >= 0.6 is 11.6 Å². The Morgan fingerprint density at radius 3 is 2.47 bits per heavy atom. The van der Waals surface area contributed by atoms with Crippen molar-refractivity contribution in [2.45, 2.75) is 25.3 Å². The van der Waals surface area contributed by atoms with E-state index >= 15 is 0 Å². The number of likely N-dealkylation sites (tertiary alicyclic amines) is 1. The number of carboxylic acids is 1. The highest BCUT2D eigenvalue weighted by Gasteiger charge is 2.29. The summed E-state index contributed by atoms with van der Waals surface area (Å²) < 4.78 is 0. The average molecular weight is 254 g/mol. The maximum atomic E-state index is 11.5. The summed E-state index contributed by atoms with van der Waals surface area (Å²) in [6.07, 6.45) is 3.31. The molecule has 0 spiro atoms. The molecule has 0 bridgehead atoms. The van der Waals surface area contributed by atoms with Gasteiger partial charge in [-0.15, -0.1) is 0 Å². The molecule has 0 unspecified atom stereocenters. The molecule has 17 heavy (non-hydrogen) atoms. The van der Waals surface area contributed by atoms with Crippen LogP contribution in [-0.2, 0) is 4.79 Å². The van der Waals surface area contributed by atoms with Crippen LogP contribution in [0.2, 0.25) is 5.02 Å². The number of carboxylic acid groups (broad SMARTS) is 1. The smallest absolute Gasteiger partial charge is 0.325 e. The molecule has 1 atom stereocenters. The van der Waals surface area contributed by atoms with Crippen molar-refractivity contribution in [3.8, 4) is 0 Å². The second-order valence-corrected chi connectivity index (χ2v) is 4.77. The van der Waals surface area contributed by atoms with Crippen molar-refractivity contribution in [3.63, 3.8) is 0 Å². The summed E-state index contributed by atoms with van der Waals surface area (Å²) in [5.41, 5.74) is 0.698. The number of halogens is 1. The van der Waals surface area contributed by atoms with Crippen LogP contribution in [0.3, 0.4) is 0 Å². The lowest BCUT2D eigenvalue weighted by molar-refractivity contribution is -0.144. The van der Waals surface area contributed by atoms with E-state index in [2.05, 4.69) is 0 Å². The summed E-state index contributed by atoms with van der Waals surface area (Å²) in [5, 5.41) is 9.94. The number of rotatable bonds is 3. The molecular weight excluding hydrogens is 238 g/mol. The second-order valence-electron chi connectivity index (χ2n) is 4.36. The summed E-state index contributed by atoms with van der Waals surface area (Å²) in [7, 11) is 0. The number of aliphatic carboxylic acids is 1. The van der Waals surface area contributed by atoms with E-state index in [1.165, 1.54) is 6.42 Å². The van der Waals surface area contributed by atoms with E-state index in [9.17, 15) is 9.90 Å². The van der Waals surface area contributed by atoms with Gasteiger partial charge in [0.1, 0.15) is 6.04 Å². The maximum absolute atomic E-state index is 11.5. The zero-order valence-corrected chi connectivity index (χ0v) is 10.4. The van der Waals surface area contributed by atoms with E-state index in [4.69, 9.17) is 11.6 Å². The Bertz CT molecular complexity index is 402. The lowest BCUT2D eigenvalue weighted by Crippen LogP contribution is -2.38. The highest BCUT2D eigenvalue weighted by atomic mass is 35.5. The van der Waals surface area contributed by atoms with Gasteiger partial charge in [-0.3, -0.25) is 9.69 Å². The van der Waals surface area contributed by atoms with Crippen LogP contribution in [0.4, 0.5) is 0 Å². The van der Waals surface area contributed by atoms with Gasteiger partial charge in [0.2, 0.25) is 0 Å². The summed E-state index contributed by atoms with van der Waals surface area (Å²) in [4.78, 5) is 13.5. The first-order valence-corrected chi connectivity index (χ1v) is 6.29. The Kier molecular flexibility index (Phi) is 4.02. The molecule has 1 saturated heterocycles. The van der Waals surface area contributed by atoms with Gasteiger partial charge in [-0.05, 0) is 37.6 Å². The molecule has 0 radical (unpaired) electrons. The number of hydrogen-bond donors (Lipinski definition) is 1. The second kappa shape index (κ2) is 5.52. The van der Waals surface area contributed by atoms with Gasteiger partial charge >= 0.3 is 5.97 Å². The van der Waals surface area contributed by atoms with Gasteiger partial charge in [-0.1, -0.05) is 36.2 Å². The third kappa shape index (κ3) is 2.79. The Labute approximate surface area is 106 Å². The van der Waals surface area contributed by atoms with E-state index in [1.807, 2.05) is 17.0 Å². The molecule has 92 valence electrons. The molecule has 0 aromatic heterocycles. The lowest BCUT2D eigenvalue weighted by Gasteiger charge is -2.32. The van der Waals surface area contributed by atoms with Crippen LogP contribution in [0.15, 0.2) is 24.3 Å². The van der Waals surface area contributed by atoms with Gasteiger partial charge in [0.25, 0.3) is 0 Å². The number of piperidine rings is 1. The minimum atomic E-state index is -0.819. The Balaban J connectivity index is 2.28. The molecule has 0 amide bonds. The van der Waals surface area contributed by atoms with Gasteiger partial charge in [0.15, 0.2) is 0 Å². The van der Waals surface area contributed by atoms with Crippen LogP contribution in [-0.4, -0.2) is 29.1 Å². The minimum absolute atomic E-state index is 0.533. The molecule has 1 aromatic rings. The lowest BCUT2D eigenvalue weighted by atomic mass is 10.0. The molecule has 4 heteroatoms. The van der Waals surface area contributed by atoms with E-state index in [1.54, 1.807) is 12.1 Å². The quantitative estimate of drug-likeness (QED) is 0.900. The van der Waals surface area contributed by atoms with Crippen LogP contribution in [0.1, 0.15) is 30.9 Å². The molecule has 2 rings (SSSR count). The standard InChI is InChI=1S/C13H16ClNO2/c14-11-7-3-2-6-10(11)12(13(16)17)15-8-4-1-5-9-15/h2-3,6-7,12H,1,4-5,8-9H2,(H,16,17)/t12-/m1/s1. The minimum Gasteiger partial charge on any atom is -0.480 e. The topological polar surface area (TPSA) is 40.5 Å². The largest absolute Gasteiger partial charge is 0.480 e. The first kappa shape index (κ1) is 12.4. The number of carbonyl (C=O) groups is 1. The van der Waals surface area contributed by atoms with Gasteiger partial charge in [-0.25, -0.2) is 0 Å². The molecule has 3 nitrogen and oxygen atoms in total. The molecule has 0 saturated carbocycles. The normalized spacial score (nSPS) is 18.9. The molecule has 0 aliphatic carbocycles. The zero-order chi connectivity index (χ0) is 12.3.